The second-order valence-electron chi connectivity index (χ2n) is 4.67. The molecular weight excluding hydrogens is 291 g/mol. The number of hydrogen-bond donors (Lipinski definition) is 1. The molecule has 0 radical (unpaired) electrons. The van der Waals surface area contributed by atoms with Crippen LogP contribution in [0.15, 0.2) is 42.6 Å². The van der Waals surface area contributed by atoms with Crippen molar-refractivity contribution >= 4 is 23.2 Å². The second kappa shape index (κ2) is 7.63. The van der Waals surface area contributed by atoms with Crippen LogP contribution < -0.4 is 5.32 Å². The largest absolute Gasteiger partial charge is 0.308 e. The monoisotopic (exact) mass is 308 g/mol. The molecule has 0 bridgehead atoms. The fraction of sp³-hybridized carbons (Fsp3) is 0.312. The summed E-state index contributed by atoms with van der Waals surface area (Å²) in [5.74, 6) is 0. The summed E-state index contributed by atoms with van der Waals surface area (Å²) in [5, 5.41) is 4.97. The number of nitrogens with zero attached hydrogens (tertiary/aromatic N) is 1. The lowest BCUT2D eigenvalue weighted by atomic mass is 10.0. The van der Waals surface area contributed by atoms with Gasteiger partial charge in [-0.05, 0) is 43.1 Å². The second-order valence-corrected chi connectivity index (χ2v) is 5.49. The van der Waals surface area contributed by atoms with E-state index < -0.39 is 0 Å². The number of hydrogen-bond acceptors (Lipinski definition) is 2. The van der Waals surface area contributed by atoms with Gasteiger partial charge < -0.3 is 5.32 Å². The van der Waals surface area contributed by atoms with Gasteiger partial charge in [0.15, 0.2) is 0 Å². The first-order chi connectivity index (χ1) is 9.72. The zero-order valence-corrected chi connectivity index (χ0v) is 13.0. The highest BCUT2D eigenvalue weighted by Crippen LogP contribution is 2.26. The van der Waals surface area contributed by atoms with Crippen LogP contribution in [-0.4, -0.2) is 11.5 Å². The van der Waals surface area contributed by atoms with Crippen LogP contribution in [0.25, 0.3) is 0 Å². The quantitative estimate of drug-likeness (QED) is 0.838. The predicted octanol–water partition coefficient (Wildman–Crippen LogP) is 4.67. The first-order valence-electron chi connectivity index (χ1n) is 6.79. The number of benzene rings is 1. The Hall–Kier alpha value is -1.09. The number of halogens is 2. The SMILES string of the molecule is CCCNC(Cc1ccccc1Cl)c1ncccc1Cl. The Kier molecular flexibility index (Phi) is 5.84. The average Bonchev–Trinajstić information content (AvgIpc) is 2.46. The molecule has 0 aliphatic rings. The highest BCUT2D eigenvalue weighted by Gasteiger charge is 2.17. The Bertz CT molecular complexity index is 558. The van der Waals surface area contributed by atoms with Crippen LogP contribution >= 0.6 is 23.2 Å². The van der Waals surface area contributed by atoms with Gasteiger partial charge in [0.1, 0.15) is 0 Å². The molecule has 0 amide bonds. The third-order valence-corrected chi connectivity index (χ3v) is 3.83. The Morgan fingerprint density at radius 3 is 2.55 bits per heavy atom. The zero-order valence-electron chi connectivity index (χ0n) is 11.4. The smallest absolute Gasteiger partial charge is 0.0762 e. The maximum atomic E-state index is 6.27. The molecule has 4 heteroatoms. The summed E-state index contributed by atoms with van der Waals surface area (Å²) >= 11 is 12.5. The minimum absolute atomic E-state index is 0.0727. The Morgan fingerprint density at radius 2 is 1.85 bits per heavy atom. The number of pyridine rings is 1. The van der Waals surface area contributed by atoms with Crippen molar-refractivity contribution in [3.8, 4) is 0 Å². The van der Waals surface area contributed by atoms with Crippen molar-refractivity contribution in [2.45, 2.75) is 25.8 Å². The Morgan fingerprint density at radius 1 is 1.10 bits per heavy atom. The minimum atomic E-state index is 0.0727. The van der Waals surface area contributed by atoms with Gasteiger partial charge in [-0.25, -0.2) is 0 Å². The molecule has 1 aromatic carbocycles. The van der Waals surface area contributed by atoms with Crippen molar-refractivity contribution in [2.75, 3.05) is 6.54 Å². The first-order valence-corrected chi connectivity index (χ1v) is 7.55. The van der Waals surface area contributed by atoms with Crippen LogP contribution in [0.5, 0.6) is 0 Å². The van der Waals surface area contributed by atoms with Gasteiger partial charge in [0.2, 0.25) is 0 Å². The van der Waals surface area contributed by atoms with Gasteiger partial charge in [0, 0.05) is 11.2 Å². The van der Waals surface area contributed by atoms with Gasteiger partial charge in [-0.2, -0.15) is 0 Å². The Labute approximate surface area is 130 Å². The van der Waals surface area contributed by atoms with Crippen molar-refractivity contribution < 1.29 is 0 Å². The van der Waals surface area contributed by atoms with Gasteiger partial charge >= 0.3 is 0 Å². The molecule has 0 saturated carbocycles. The van der Waals surface area contributed by atoms with Gasteiger partial charge in [-0.15, -0.1) is 0 Å². The first kappa shape index (κ1) is 15.3. The maximum absolute atomic E-state index is 6.27. The molecule has 106 valence electrons. The molecule has 20 heavy (non-hydrogen) atoms. The molecule has 2 aromatic rings. The maximum Gasteiger partial charge on any atom is 0.0762 e. The van der Waals surface area contributed by atoms with E-state index in [1.165, 1.54) is 0 Å². The summed E-state index contributed by atoms with van der Waals surface area (Å²) in [6.45, 7) is 3.06. The van der Waals surface area contributed by atoms with E-state index in [1.807, 2.05) is 36.4 Å². The summed E-state index contributed by atoms with van der Waals surface area (Å²) in [6.07, 6.45) is 3.61. The molecule has 2 nitrogen and oxygen atoms in total. The zero-order chi connectivity index (χ0) is 14.4. The van der Waals surface area contributed by atoms with Gasteiger partial charge in [0.25, 0.3) is 0 Å². The van der Waals surface area contributed by atoms with Crippen LogP contribution in [0, 0.1) is 0 Å². The average molecular weight is 309 g/mol. The van der Waals surface area contributed by atoms with E-state index in [9.17, 15) is 0 Å². The third-order valence-electron chi connectivity index (χ3n) is 3.14. The van der Waals surface area contributed by atoms with E-state index in [0.29, 0.717) is 5.02 Å². The van der Waals surface area contributed by atoms with Crippen molar-refractivity contribution in [2.24, 2.45) is 0 Å². The highest BCUT2D eigenvalue weighted by atomic mass is 35.5. The standard InChI is InChI=1S/C16H18Cl2N2/c1-2-9-19-15(16-14(18)8-5-10-20-16)11-12-6-3-4-7-13(12)17/h3-8,10,15,19H,2,9,11H2,1H3. The number of nitrogens with one attached hydrogen (secondary N) is 1. The summed E-state index contributed by atoms with van der Waals surface area (Å²) in [5.41, 5.74) is 1.98. The van der Waals surface area contributed by atoms with Crippen LogP contribution in [0.2, 0.25) is 10.0 Å². The van der Waals surface area contributed by atoms with E-state index >= 15 is 0 Å². The van der Waals surface area contributed by atoms with Crippen molar-refractivity contribution in [1.82, 2.24) is 10.3 Å². The molecule has 0 aliphatic heterocycles. The van der Waals surface area contributed by atoms with Crippen LogP contribution in [-0.2, 0) is 6.42 Å². The molecule has 0 saturated heterocycles. The third kappa shape index (κ3) is 3.95. The lowest BCUT2D eigenvalue weighted by molar-refractivity contribution is 0.518. The molecule has 1 heterocycles. The summed E-state index contributed by atoms with van der Waals surface area (Å²) in [7, 11) is 0. The van der Waals surface area contributed by atoms with Crippen molar-refractivity contribution in [1.29, 1.82) is 0 Å². The fourth-order valence-electron chi connectivity index (χ4n) is 2.12. The van der Waals surface area contributed by atoms with Crippen LogP contribution in [0.4, 0.5) is 0 Å². The minimum Gasteiger partial charge on any atom is -0.308 e. The number of aromatic nitrogens is 1. The fourth-order valence-corrected chi connectivity index (χ4v) is 2.59. The molecule has 1 aromatic heterocycles. The van der Waals surface area contributed by atoms with Gasteiger partial charge in [-0.3, -0.25) is 4.98 Å². The van der Waals surface area contributed by atoms with E-state index in [2.05, 4.69) is 17.2 Å². The van der Waals surface area contributed by atoms with Gasteiger partial charge in [0.05, 0.1) is 16.8 Å². The van der Waals surface area contributed by atoms with Gasteiger partial charge in [-0.1, -0.05) is 48.3 Å². The molecule has 2 rings (SSSR count). The normalized spacial score (nSPS) is 12.3. The Balaban J connectivity index is 2.24. The van der Waals surface area contributed by atoms with Crippen molar-refractivity contribution in [3.05, 3.63) is 63.9 Å². The van der Waals surface area contributed by atoms with E-state index in [-0.39, 0.29) is 6.04 Å². The van der Waals surface area contributed by atoms with Crippen LogP contribution in [0.3, 0.4) is 0 Å². The van der Waals surface area contributed by atoms with E-state index in [4.69, 9.17) is 23.2 Å². The molecule has 1 N–H and O–H groups in total. The molecule has 1 atom stereocenters. The van der Waals surface area contributed by atoms with Crippen molar-refractivity contribution in [3.63, 3.8) is 0 Å². The molecular formula is C16H18Cl2N2. The summed E-state index contributed by atoms with van der Waals surface area (Å²) in [6, 6.07) is 11.7. The molecule has 0 fully saturated rings. The lowest BCUT2D eigenvalue weighted by Gasteiger charge is -2.19. The lowest BCUT2D eigenvalue weighted by Crippen LogP contribution is -2.25. The summed E-state index contributed by atoms with van der Waals surface area (Å²) in [4.78, 5) is 4.42. The van der Waals surface area contributed by atoms with Crippen LogP contribution in [0.1, 0.15) is 30.6 Å². The van der Waals surface area contributed by atoms with E-state index in [1.54, 1.807) is 6.20 Å². The molecule has 0 aliphatic carbocycles. The van der Waals surface area contributed by atoms with E-state index in [0.717, 1.165) is 35.7 Å². The number of rotatable bonds is 6. The topological polar surface area (TPSA) is 24.9 Å². The molecule has 0 spiro atoms. The molecule has 1 unspecified atom stereocenters. The predicted molar refractivity (Wildman–Crippen MR) is 85.4 cm³/mol. The summed E-state index contributed by atoms with van der Waals surface area (Å²) < 4.78 is 0. The highest BCUT2D eigenvalue weighted by molar-refractivity contribution is 6.31.